The van der Waals surface area contributed by atoms with Gasteiger partial charge in [0.25, 0.3) is 0 Å². The fourth-order valence-corrected chi connectivity index (χ4v) is 2.43. The van der Waals surface area contributed by atoms with Crippen LogP contribution in [0.15, 0.2) is 34.9 Å². The first-order chi connectivity index (χ1) is 10.6. The van der Waals surface area contributed by atoms with Crippen LogP contribution in [0.3, 0.4) is 0 Å². The van der Waals surface area contributed by atoms with Crippen molar-refractivity contribution in [1.29, 1.82) is 0 Å². The van der Waals surface area contributed by atoms with E-state index < -0.39 is 0 Å². The summed E-state index contributed by atoms with van der Waals surface area (Å²) in [5.74, 6) is 0.633. The standard InChI is InChI=1S/C17H23N3O2/c1-5-14-15(12(3)19-22-14)18-17(21)16(20(4)6-2)13-10-8-7-9-11-13/h7-11,16H,5-6H2,1-4H3,(H,18,21)/t16-/m1/s1. The number of carbonyl (C=O) groups excluding carboxylic acids is 1. The summed E-state index contributed by atoms with van der Waals surface area (Å²) in [6, 6.07) is 9.44. The van der Waals surface area contributed by atoms with Gasteiger partial charge in [-0.3, -0.25) is 9.69 Å². The van der Waals surface area contributed by atoms with E-state index in [1.807, 2.05) is 63.1 Å². The molecule has 0 bridgehead atoms. The monoisotopic (exact) mass is 301 g/mol. The maximum atomic E-state index is 12.8. The molecule has 5 nitrogen and oxygen atoms in total. The minimum Gasteiger partial charge on any atom is -0.359 e. The van der Waals surface area contributed by atoms with Crippen LogP contribution in [0.5, 0.6) is 0 Å². The van der Waals surface area contributed by atoms with Crippen LogP contribution in [-0.4, -0.2) is 29.6 Å². The van der Waals surface area contributed by atoms with Crippen LogP contribution in [0.1, 0.15) is 36.9 Å². The highest BCUT2D eigenvalue weighted by molar-refractivity contribution is 5.96. The summed E-state index contributed by atoms with van der Waals surface area (Å²) in [5, 5.41) is 6.92. The summed E-state index contributed by atoms with van der Waals surface area (Å²) >= 11 is 0. The molecule has 0 aliphatic rings. The third-order valence-electron chi connectivity index (χ3n) is 3.81. The highest BCUT2D eigenvalue weighted by Gasteiger charge is 2.26. The van der Waals surface area contributed by atoms with Gasteiger partial charge in [0.05, 0.1) is 0 Å². The van der Waals surface area contributed by atoms with Crippen LogP contribution in [-0.2, 0) is 11.2 Å². The van der Waals surface area contributed by atoms with Crippen LogP contribution in [0, 0.1) is 6.92 Å². The van der Waals surface area contributed by atoms with Gasteiger partial charge in [0.1, 0.15) is 17.4 Å². The molecule has 22 heavy (non-hydrogen) atoms. The van der Waals surface area contributed by atoms with Gasteiger partial charge in [-0.25, -0.2) is 0 Å². The third kappa shape index (κ3) is 3.36. The summed E-state index contributed by atoms with van der Waals surface area (Å²) in [6.45, 7) is 6.61. The molecule has 0 fully saturated rings. The third-order valence-corrected chi connectivity index (χ3v) is 3.81. The molecule has 0 saturated carbocycles. The molecule has 1 aromatic carbocycles. The molecular weight excluding hydrogens is 278 g/mol. The van der Waals surface area contributed by atoms with Crippen molar-refractivity contribution in [3.05, 3.63) is 47.3 Å². The number of aryl methyl sites for hydroxylation is 2. The van der Waals surface area contributed by atoms with Crippen LogP contribution >= 0.6 is 0 Å². The van der Waals surface area contributed by atoms with Gasteiger partial charge in [0.15, 0.2) is 5.76 Å². The minimum absolute atomic E-state index is 0.0726. The predicted octanol–water partition coefficient (Wildman–Crippen LogP) is 3.18. The molecule has 0 saturated heterocycles. The number of nitrogens with zero attached hydrogens (tertiary/aromatic N) is 2. The summed E-state index contributed by atoms with van der Waals surface area (Å²) in [7, 11) is 1.94. The Morgan fingerprint density at radius 3 is 2.59 bits per heavy atom. The first-order valence-corrected chi connectivity index (χ1v) is 7.59. The molecule has 0 spiro atoms. The maximum absolute atomic E-state index is 12.8. The second kappa shape index (κ2) is 7.22. The lowest BCUT2D eigenvalue weighted by atomic mass is 10.0. The zero-order valence-electron chi connectivity index (χ0n) is 13.6. The first-order valence-electron chi connectivity index (χ1n) is 7.59. The molecular formula is C17H23N3O2. The number of aromatic nitrogens is 1. The van der Waals surface area contributed by atoms with E-state index in [-0.39, 0.29) is 11.9 Å². The molecule has 2 aromatic rings. The van der Waals surface area contributed by atoms with Crippen LogP contribution in [0.25, 0.3) is 0 Å². The summed E-state index contributed by atoms with van der Waals surface area (Å²) in [6.07, 6.45) is 0.691. The van der Waals surface area contributed by atoms with Crippen molar-refractivity contribution in [2.45, 2.75) is 33.2 Å². The molecule has 1 atom stereocenters. The Balaban J connectivity index is 2.28. The lowest BCUT2D eigenvalue weighted by Crippen LogP contribution is -2.34. The largest absolute Gasteiger partial charge is 0.359 e. The van der Waals surface area contributed by atoms with Gasteiger partial charge in [-0.1, -0.05) is 49.3 Å². The highest BCUT2D eigenvalue weighted by Crippen LogP contribution is 2.25. The highest BCUT2D eigenvalue weighted by atomic mass is 16.5. The Bertz CT molecular complexity index is 622. The van der Waals surface area contributed by atoms with Crippen LogP contribution in [0.4, 0.5) is 5.69 Å². The van der Waals surface area contributed by atoms with E-state index in [0.29, 0.717) is 23.6 Å². The SMILES string of the molecule is CCc1onc(C)c1NC(=O)[C@@H](c1ccccc1)N(C)CC. The molecule has 1 amide bonds. The van der Waals surface area contributed by atoms with Crippen molar-refractivity contribution in [2.24, 2.45) is 0 Å². The normalized spacial score (nSPS) is 12.4. The molecule has 5 heteroatoms. The predicted molar refractivity (Wildman–Crippen MR) is 86.7 cm³/mol. The Morgan fingerprint density at radius 1 is 1.32 bits per heavy atom. The molecule has 0 aliphatic carbocycles. The smallest absolute Gasteiger partial charge is 0.246 e. The lowest BCUT2D eigenvalue weighted by Gasteiger charge is -2.26. The Hall–Kier alpha value is -2.14. The number of hydrogen-bond acceptors (Lipinski definition) is 4. The Morgan fingerprint density at radius 2 is 2.00 bits per heavy atom. The van der Waals surface area contributed by atoms with Crippen molar-refractivity contribution in [3.63, 3.8) is 0 Å². The van der Waals surface area contributed by atoms with Gasteiger partial charge in [0, 0.05) is 6.42 Å². The summed E-state index contributed by atoms with van der Waals surface area (Å²) < 4.78 is 5.24. The van der Waals surface area contributed by atoms with E-state index in [1.165, 1.54) is 0 Å². The average molecular weight is 301 g/mol. The first kappa shape index (κ1) is 16.2. The van der Waals surface area contributed by atoms with Crippen LogP contribution < -0.4 is 5.32 Å². The van der Waals surface area contributed by atoms with E-state index in [1.54, 1.807) is 0 Å². The number of carbonyl (C=O) groups is 1. The van der Waals surface area contributed by atoms with E-state index >= 15 is 0 Å². The lowest BCUT2D eigenvalue weighted by molar-refractivity contribution is -0.121. The number of likely N-dealkylation sites (N-methyl/N-ethyl adjacent to an activating group) is 1. The van der Waals surface area contributed by atoms with Crippen molar-refractivity contribution in [2.75, 3.05) is 18.9 Å². The number of benzene rings is 1. The zero-order chi connectivity index (χ0) is 16.1. The molecule has 1 aromatic heterocycles. The fourth-order valence-electron chi connectivity index (χ4n) is 2.43. The topological polar surface area (TPSA) is 58.4 Å². The Kier molecular flexibility index (Phi) is 5.33. The van der Waals surface area contributed by atoms with Crippen molar-refractivity contribution < 1.29 is 9.32 Å². The van der Waals surface area contributed by atoms with E-state index in [2.05, 4.69) is 10.5 Å². The summed E-state index contributed by atoms with van der Waals surface area (Å²) in [5.41, 5.74) is 2.37. The van der Waals surface area contributed by atoms with Gasteiger partial charge in [-0.2, -0.15) is 0 Å². The Labute approximate surface area is 131 Å². The number of amides is 1. The van der Waals surface area contributed by atoms with Gasteiger partial charge in [0.2, 0.25) is 5.91 Å². The maximum Gasteiger partial charge on any atom is 0.246 e. The summed E-state index contributed by atoms with van der Waals surface area (Å²) in [4.78, 5) is 14.8. The molecule has 1 heterocycles. The zero-order valence-corrected chi connectivity index (χ0v) is 13.6. The molecule has 0 unspecified atom stereocenters. The van der Waals surface area contributed by atoms with E-state index in [0.717, 1.165) is 12.1 Å². The number of nitrogens with one attached hydrogen (secondary N) is 1. The van der Waals surface area contributed by atoms with Crippen LogP contribution in [0.2, 0.25) is 0 Å². The average Bonchev–Trinajstić information content (AvgIpc) is 2.88. The molecule has 0 aliphatic heterocycles. The van der Waals surface area contributed by atoms with Gasteiger partial charge >= 0.3 is 0 Å². The second-order valence-electron chi connectivity index (χ2n) is 5.30. The van der Waals surface area contributed by atoms with Crippen molar-refractivity contribution in [3.8, 4) is 0 Å². The number of rotatable bonds is 6. The van der Waals surface area contributed by atoms with E-state index in [4.69, 9.17) is 4.52 Å². The van der Waals surface area contributed by atoms with Gasteiger partial charge in [-0.05, 0) is 26.1 Å². The van der Waals surface area contributed by atoms with E-state index in [9.17, 15) is 4.79 Å². The molecule has 2 rings (SSSR count). The van der Waals surface area contributed by atoms with Crippen molar-refractivity contribution in [1.82, 2.24) is 10.1 Å². The molecule has 118 valence electrons. The van der Waals surface area contributed by atoms with Gasteiger partial charge < -0.3 is 9.84 Å². The number of anilines is 1. The van der Waals surface area contributed by atoms with Crippen molar-refractivity contribution >= 4 is 11.6 Å². The fraction of sp³-hybridized carbons (Fsp3) is 0.412. The minimum atomic E-state index is -0.342. The second-order valence-corrected chi connectivity index (χ2v) is 5.30. The quantitative estimate of drug-likeness (QED) is 0.890. The van der Waals surface area contributed by atoms with Gasteiger partial charge in [-0.15, -0.1) is 0 Å². The number of hydrogen-bond donors (Lipinski definition) is 1. The molecule has 1 N–H and O–H groups in total. The molecule has 0 radical (unpaired) electrons.